The van der Waals surface area contributed by atoms with Gasteiger partial charge < -0.3 is 10.2 Å². The van der Waals surface area contributed by atoms with Gasteiger partial charge in [-0.15, -0.1) is 0 Å². The normalized spacial score (nSPS) is 14.6. The lowest BCUT2D eigenvalue weighted by atomic mass is 9.94. The number of rotatable bonds is 13. The van der Waals surface area contributed by atoms with Crippen molar-refractivity contribution in [3.63, 3.8) is 0 Å². The molecule has 0 aromatic heterocycles. The van der Waals surface area contributed by atoms with Gasteiger partial charge in [-0.2, -0.15) is 0 Å². The number of nitrogens with zero attached hydrogens (tertiary/aromatic N) is 2. The Labute approximate surface area is 251 Å². The van der Waals surface area contributed by atoms with Gasteiger partial charge in [0.1, 0.15) is 6.04 Å². The molecule has 8 heteroatoms. The summed E-state index contributed by atoms with van der Waals surface area (Å²) in [4.78, 5) is 29.6. The molecule has 1 atom stereocenters. The Bertz CT molecular complexity index is 1410. The van der Waals surface area contributed by atoms with Gasteiger partial charge in [0.2, 0.25) is 21.8 Å². The molecule has 7 nitrogen and oxygen atoms in total. The Morgan fingerprint density at radius 1 is 0.857 bits per heavy atom. The number of hydrogen-bond acceptors (Lipinski definition) is 4. The molecule has 1 aliphatic rings. The molecule has 1 unspecified atom stereocenters. The molecular formula is C34H43N3O4S. The molecule has 0 saturated heterocycles. The summed E-state index contributed by atoms with van der Waals surface area (Å²) in [5.74, 6) is -0.301. The van der Waals surface area contributed by atoms with Crippen LogP contribution in [0.3, 0.4) is 0 Å². The van der Waals surface area contributed by atoms with Gasteiger partial charge in [-0.1, -0.05) is 98.1 Å². The van der Waals surface area contributed by atoms with Crippen molar-refractivity contribution in [1.29, 1.82) is 0 Å². The summed E-state index contributed by atoms with van der Waals surface area (Å²) in [6.07, 6.45) is 7.32. The largest absolute Gasteiger partial charge is 0.352 e. The van der Waals surface area contributed by atoms with E-state index in [0.29, 0.717) is 25.1 Å². The molecule has 1 aliphatic carbocycles. The van der Waals surface area contributed by atoms with Crippen molar-refractivity contribution in [3.05, 3.63) is 102 Å². The lowest BCUT2D eigenvalue weighted by Crippen LogP contribution is -2.52. The van der Waals surface area contributed by atoms with Crippen LogP contribution in [0.2, 0.25) is 0 Å². The Hall–Kier alpha value is -3.65. The average molecular weight is 590 g/mol. The number of carbonyl (C=O) groups excluding carboxylic acids is 2. The first-order valence-corrected chi connectivity index (χ1v) is 16.8. The van der Waals surface area contributed by atoms with E-state index in [-0.39, 0.29) is 30.8 Å². The van der Waals surface area contributed by atoms with Crippen LogP contribution in [-0.2, 0) is 32.6 Å². The smallest absolute Gasteiger partial charge is 0.243 e. The number of hydrogen-bond donors (Lipinski definition) is 1. The second-order valence-electron chi connectivity index (χ2n) is 11.3. The molecule has 1 N–H and O–H groups in total. The van der Waals surface area contributed by atoms with Gasteiger partial charge in [0, 0.05) is 32.0 Å². The molecule has 1 saturated carbocycles. The maximum atomic E-state index is 14.0. The van der Waals surface area contributed by atoms with E-state index >= 15 is 0 Å². The highest BCUT2D eigenvalue weighted by molar-refractivity contribution is 7.92. The molecule has 42 heavy (non-hydrogen) atoms. The van der Waals surface area contributed by atoms with Crippen LogP contribution in [0.1, 0.15) is 61.6 Å². The van der Waals surface area contributed by atoms with Crippen LogP contribution in [0, 0.1) is 6.92 Å². The van der Waals surface area contributed by atoms with Crippen LogP contribution in [-0.4, -0.2) is 50.0 Å². The number of nitrogens with one attached hydrogen (secondary N) is 1. The first kappa shape index (κ1) is 31.3. The number of para-hydroxylation sites is 1. The summed E-state index contributed by atoms with van der Waals surface area (Å²) in [6, 6.07) is 26.3. The molecule has 0 aliphatic heterocycles. The number of sulfonamides is 1. The fourth-order valence-electron chi connectivity index (χ4n) is 5.70. The standard InChI is InChI=1S/C34H43N3O4S/c1-27-15-12-13-22-31(27)37(42(2,40)41)24-14-23-33(38)36(26-29-18-8-4-9-19-29)32(25-28-16-6-3-7-17-28)34(39)35-30-20-10-5-11-21-30/h3-4,6-9,12-13,15-19,22,30,32H,5,10-11,14,20-21,23-26H2,1-2H3,(H,35,39). The Morgan fingerprint density at radius 3 is 2.07 bits per heavy atom. The average Bonchev–Trinajstić information content (AvgIpc) is 2.98. The molecule has 224 valence electrons. The Balaban J connectivity index is 1.57. The van der Waals surface area contributed by atoms with Gasteiger partial charge >= 0.3 is 0 Å². The highest BCUT2D eigenvalue weighted by Gasteiger charge is 2.32. The van der Waals surface area contributed by atoms with Crippen molar-refractivity contribution in [2.45, 2.75) is 76.9 Å². The van der Waals surface area contributed by atoms with E-state index in [0.717, 1.165) is 42.4 Å². The first-order chi connectivity index (χ1) is 20.2. The van der Waals surface area contributed by atoms with Crippen LogP contribution < -0.4 is 9.62 Å². The van der Waals surface area contributed by atoms with E-state index in [4.69, 9.17) is 0 Å². The van der Waals surface area contributed by atoms with Gasteiger partial charge in [-0.05, 0) is 48.9 Å². The first-order valence-electron chi connectivity index (χ1n) is 14.9. The monoisotopic (exact) mass is 589 g/mol. The van der Waals surface area contributed by atoms with Crippen molar-refractivity contribution in [1.82, 2.24) is 10.2 Å². The Morgan fingerprint density at radius 2 is 1.45 bits per heavy atom. The molecule has 2 amide bonds. The van der Waals surface area contributed by atoms with Crippen LogP contribution in [0.15, 0.2) is 84.9 Å². The minimum Gasteiger partial charge on any atom is -0.352 e. The summed E-state index contributed by atoms with van der Waals surface area (Å²) in [7, 11) is -3.55. The third-order valence-corrected chi connectivity index (χ3v) is 9.13. The molecule has 0 radical (unpaired) electrons. The number of anilines is 1. The van der Waals surface area contributed by atoms with Gasteiger partial charge in [0.15, 0.2) is 0 Å². The van der Waals surface area contributed by atoms with Crippen LogP contribution in [0.4, 0.5) is 5.69 Å². The quantitative estimate of drug-likeness (QED) is 0.280. The van der Waals surface area contributed by atoms with E-state index < -0.39 is 16.1 Å². The van der Waals surface area contributed by atoms with E-state index in [1.807, 2.05) is 85.8 Å². The zero-order valence-electron chi connectivity index (χ0n) is 24.7. The number of amides is 2. The molecule has 0 bridgehead atoms. The zero-order valence-corrected chi connectivity index (χ0v) is 25.6. The minimum absolute atomic E-state index is 0.118. The summed E-state index contributed by atoms with van der Waals surface area (Å²) >= 11 is 0. The Kier molecular flexibility index (Phi) is 11.2. The highest BCUT2D eigenvalue weighted by atomic mass is 32.2. The summed E-state index contributed by atoms with van der Waals surface area (Å²) < 4.78 is 26.8. The predicted octanol–water partition coefficient (Wildman–Crippen LogP) is 5.63. The van der Waals surface area contributed by atoms with Crippen LogP contribution in [0.5, 0.6) is 0 Å². The van der Waals surface area contributed by atoms with Crippen molar-refractivity contribution in [2.24, 2.45) is 0 Å². The fraction of sp³-hybridized carbons (Fsp3) is 0.412. The van der Waals surface area contributed by atoms with E-state index in [9.17, 15) is 18.0 Å². The van der Waals surface area contributed by atoms with Crippen LogP contribution in [0.25, 0.3) is 0 Å². The van der Waals surface area contributed by atoms with E-state index in [2.05, 4.69) is 5.32 Å². The van der Waals surface area contributed by atoms with E-state index in [1.54, 1.807) is 11.0 Å². The third kappa shape index (κ3) is 8.92. The molecule has 3 aromatic rings. The van der Waals surface area contributed by atoms with Gasteiger partial charge in [-0.3, -0.25) is 13.9 Å². The molecule has 3 aromatic carbocycles. The molecule has 1 fully saturated rings. The maximum absolute atomic E-state index is 14.0. The number of benzene rings is 3. The second kappa shape index (κ2) is 15.0. The molecule has 4 rings (SSSR count). The van der Waals surface area contributed by atoms with Gasteiger partial charge in [0.25, 0.3) is 0 Å². The predicted molar refractivity (Wildman–Crippen MR) is 169 cm³/mol. The highest BCUT2D eigenvalue weighted by Crippen LogP contribution is 2.24. The lowest BCUT2D eigenvalue weighted by Gasteiger charge is -2.34. The third-order valence-electron chi connectivity index (χ3n) is 7.95. The molecular weight excluding hydrogens is 546 g/mol. The lowest BCUT2D eigenvalue weighted by molar-refractivity contribution is -0.141. The minimum atomic E-state index is -3.55. The molecule has 0 spiro atoms. The van der Waals surface area contributed by atoms with Crippen LogP contribution >= 0.6 is 0 Å². The fourth-order valence-corrected chi connectivity index (χ4v) is 6.73. The SMILES string of the molecule is Cc1ccccc1N(CCCC(=O)N(Cc1ccccc1)C(Cc1ccccc1)C(=O)NC1CCCCC1)S(C)(=O)=O. The van der Waals surface area contributed by atoms with Crippen molar-refractivity contribution in [3.8, 4) is 0 Å². The van der Waals surface area contributed by atoms with Crippen molar-refractivity contribution in [2.75, 3.05) is 17.1 Å². The maximum Gasteiger partial charge on any atom is 0.243 e. The molecule has 0 heterocycles. The summed E-state index contributed by atoms with van der Waals surface area (Å²) in [6.45, 7) is 2.34. The van der Waals surface area contributed by atoms with E-state index in [1.165, 1.54) is 17.0 Å². The van der Waals surface area contributed by atoms with Crippen molar-refractivity contribution >= 4 is 27.5 Å². The van der Waals surface area contributed by atoms with Crippen molar-refractivity contribution < 1.29 is 18.0 Å². The topological polar surface area (TPSA) is 86.8 Å². The summed E-state index contributed by atoms with van der Waals surface area (Å²) in [5.41, 5.74) is 3.38. The number of carbonyl (C=O) groups is 2. The van der Waals surface area contributed by atoms with Gasteiger partial charge in [0.05, 0.1) is 11.9 Å². The zero-order chi connectivity index (χ0) is 30.0. The van der Waals surface area contributed by atoms with Gasteiger partial charge in [-0.25, -0.2) is 8.42 Å². The summed E-state index contributed by atoms with van der Waals surface area (Å²) in [5, 5.41) is 3.26. The second-order valence-corrected chi connectivity index (χ2v) is 13.2. The number of aryl methyl sites for hydroxylation is 1.